The van der Waals surface area contributed by atoms with Gasteiger partial charge in [-0.3, -0.25) is 9.59 Å². The summed E-state index contributed by atoms with van der Waals surface area (Å²) in [6, 6.07) is 6.21. The summed E-state index contributed by atoms with van der Waals surface area (Å²) in [4.78, 5) is 23.0. The van der Waals surface area contributed by atoms with Crippen molar-refractivity contribution < 1.29 is 9.53 Å². The molecule has 0 unspecified atom stereocenters. The molecule has 0 radical (unpaired) electrons. The number of ether oxygens (including phenoxy) is 1. The summed E-state index contributed by atoms with van der Waals surface area (Å²) in [5.74, 6) is 0.111. The molecular weight excluding hydrogens is 326 g/mol. The van der Waals surface area contributed by atoms with Gasteiger partial charge in [-0.05, 0) is 30.7 Å². The maximum absolute atomic E-state index is 12.1. The van der Waals surface area contributed by atoms with E-state index in [4.69, 9.17) is 4.74 Å². The monoisotopic (exact) mass is 337 g/mol. The van der Waals surface area contributed by atoms with E-state index in [1.54, 1.807) is 6.07 Å². The van der Waals surface area contributed by atoms with Gasteiger partial charge in [-0.2, -0.15) is 5.10 Å². The number of H-pyrrole nitrogens is 1. The van der Waals surface area contributed by atoms with E-state index in [2.05, 4.69) is 31.4 Å². The lowest BCUT2D eigenvalue weighted by molar-refractivity contribution is 0.102. The molecule has 0 saturated heterocycles. The van der Waals surface area contributed by atoms with Crippen LogP contribution in [0.2, 0.25) is 0 Å². The van der Waals surface area contributed by atoms with E-state index in [9.17, 15) is 9.59 Å². The summed E-state index contributed by atoms with van der Waals surface area (Å²) in [7, 11) is 1.52. The number of anilines is 1. The Morgan fingerprint density at radius 3 is 2.75 bits per heavy atom. The molecule has 104 valence electrons. The second-order valence-electron chi connectivity index (χ2n) is 4.06. The van der Waals surface area contributed by atoms with Gasteiger partial charge in [-0.15, -0.1) is 0 Å². The predicted molar refractivity (Wildman–Crippen MR) is 78.2 cm³/mol. The zero-order chi connectivity index (χ0) is 14.7. The van der Waals surface area contributed by atoms with Gasteiger partial charge in [0.25, 0.3) is 11.5 Å². The van der Waals surface area contributed by atoms with Gasteiger partial charge in [0.15, 0.2) is 0 Å². The van der Waals surface area contributed by atoms with Crippen molar-refractivity contribution in [2.75, 3.05) is 12.4 Å². The number of hydrogen-bond donors (Lipinski definition) is 2. The second kappa shape index (κ2) is 5.87. The lowest BCUT2D eigenvalue weighted by atomic mass is 10.2. The Morgan fingerprint density at radius 2 is 2.15 bits per heavy atom. The average molecular weight is 338 g/mol. The first-order valence-corrected chi connectivity index (χ1v) is 6.52. The highest BCUT2D eigenvalue weighted by molar-refractivity contribution is 9.10. The van der Waals surface area contributed by atoms with Crippen molar-refractivity contribution in [1.29, 1.82) is 0 Å². The van der Waals surface area contributed by atoms with E-state index in [0.29, 0.717) is 11.4 Å². The highest BCUT2D eigenvalue weighted by Gasteiger charge is 2.14. The third kappa shape index (κ3) is 3.05. The Kier molecular flexibility index (Phi) is 4.19. The molecule has 0 spiro atoms. The molecule has 2 N–H and O–H groups in total. The summed E-state index contributed by atoms with van der Waals surface area (Å²) in [6.45, 7) is 1.85. The molecule has 0 aliphatic carbocycles. The average Bonchev–Trinajstić information content (AvgIpc) is 2.42. The van der Waals surface area contributed by atoms with Crippen LogP contribution in [0.4, 0.5) is 5.69 Å². The minimum Gasteiger partial charge on any atom is -0.495 e. The van der Waals surface area contributed by atoms with Crippen molar-refractivity contribution in [3.63, 3.8) is 0 Å². The smallest absolute Gasteiger partial charge is 0.276 e. The van der Waals surface area contributed by atoms with Crippen LogP contribution in [0.3, 0.4) is 0 Å². The van der Waals surface area contributed by atoms with Crippen molar-refractivity contribution in [3.05, 3.63) is 50.3 Å². The van der Waals surface area contributed by atoms with Crippen LogP contribution in [-0.2, 0) is 0 Å². The molecule has 0 atom stereocenters. The first-order valence-electron chi connectivity index (χ1n) is 5.72. The van der Waals surface area contributed by atoms with Gasteiger partial charge in [0, 0.05) is 10.5 Å². The number of aromatic amines is 1. The number of aryl methyl sites for hydroxylation is 1. The number of benzene rings is 1. The molecule has 1 amide bonds. The molecule has 2 rings (SSSR count). The summed E-state index contributed by atoms with van der Waals surface area (Å²) >= 11 is 3.36. The molecule has 1 heterocycles. The van der Waals surface area contributed by atoms with Crippen LogP contribution in [0.25, 0.3) is 0 Å². The standard InChI is InChI=1S/C13H12BrN3O3/c1-7-5-8(14)6-10(20-2)12(7)15-13(19)9-3-4-11(18)17-16-9/h3-6H,1-2H3,(H,15,19)(H,17,18). The molecule has 0 bridgehead atoms. The number of carbonyl (C=O) groups is 1. The largest absolute Gasteiger partial charge is 0.495 e. The minimum atomic E-state index is -0.426. The van der Waals surface area contributed by atoms with Crippen LogP contribution in [0.15, 0.2) is 33.5 Å². The van der Waals surface area contributed by atoms with Crippen molar-refractivity contribution in [1.82, 2.24) is 10.2 Å². The molecule has 0 fully saturated rings. The van der Waals surface area contributed by atoms with Crippen LogP contribution >= 0.6 is 15.9 Å². The first-order chi connectivity index (χ1) is 9.51. The third-order valence-corrected chi connectivity index (χ3v) is 3.09. The Balaban J connectivity index is 2.32. The van der Waals surface area contributed by atoms with Gasteiger partial charge < -0.3 is 10.1 Å². The van der Waals surface area contributed by atoms with Crippen molar-refractivity contribution in [2.24, 2.45) is 0 Å². The number of amides is 1. The number of nitrogens with zero attached hydrogens (tertiary/aromatic N) is 1. The normalized spacial score (nSPS) is 10.2. The van der Waals surface area contributed by atoms with Crippen LogP contribution < -0.4 is 15.6 Å². The highest BCUT2D eigenvalue weighted by atomic mass is 79.9. The Labute approximate surface area is 123 Å². The maximum atomic E-state index is 12.1. The van der Waals surface area contributed by atoms with Crippen LogP contribution in [0.1, 0.15) is 16.1 Å². The summed E-state index contributed by atoms with van der Waals surface area (Å²) in [5, 5.41) is 8.61. The molecule has 1 aromatic carbocycles. The van der Waals surface area contributed by atoms with E-state index in [1.165, 1.54) is 19.2 Å². The van der Waals surface area contributed by atoms with E-state index in [0.717, 1.165) is 10.0 Å². The number of methoxy groups -OCH3 is 1. The highest BCUT2D eigenvalue weighted by Crippen LogP contribution is 2.32. The third-order valence-electron chi connectivity index (χ3n) is 2.63. The van der Waals surface area contributed by atoms with E-state index in [1.807, 2.05) is 13.0 Å². The van der Waals surface area contributed by atoms with Crippen LogP contribution in [0, 0.1) is 6.92 Å². The molecule has 1 aromatic heterocycles. The van der Waals surface area contributed by atoms with Gasteiger partial charge in [0.2, 0.25) is 0 Å². The van der Waals surface area contributed by atoms with E-state index >= 15 is 0 Å². The summed E-state index contributed by atoms with van der Waals surface area (Å²) < 4.78 is 6.09. The second-order valence-corrected chi connectivity index (χ2v) is 4.98. The molecule has 7 heteroatoms. The molecule has 0 saturated carbocycles. The van der Waals surface area contributed by atoms with Gasteiger partial charge >= 0.3 is 0 Å². The first kappa shape index (κ1) is 14.3. The fourth-order valence-corrected chi connectivity index (χ4v) is 2.23. The van der Waals surface area contributed by atoms with Crippen molar-refractivity contribution in [2.45, 2.75) is 6.92 Å². The van der Waals surface area contributed by atoms with Gasteiger partial charge in [0.1, 0.15) is 11.4 Å². The number of carbonyl (C=O) groups excluding carboxylic acids is 1. The quantitative estimate of drug-likeness (QED) is 0.898. The molecule has 6 nitrogen and oxygen atoms in total. The van der Waals surface area contributed by atoms with Crippen LogP contribution in [0.5, 0.6) is 5.75 Å². The topological polar surface area (TPSA) is 84.1 Å². The Morgan fingerprint density at radius 1 is 1.40 bits per heavy atom. The number of aromatic nitrogens is 2. The zero-order valence-corrected chi connectivity index (χ0v) is 12.4. The number of rotatable bonds is 3. The SMILES string of the molecule is COc1cc(Br)cc(C)c1NC(=O)c1ccc(=O)[nH]n1. The number of halogens is 1. The summed E-state index contributed by atoms with van der Waals surface area (Å²) in [5.41, 5.74) is 1.16. The number of hydrogen-bond acceptors (Lipinski definition) is 4. The van der Waals surface area contributed by atoms with Gasteiger partial charge in [-0.1, -0.05) is 15.9 Å². The van der Waals surface area contributed by atoms with E-state index in [-0.39, 0.29) is 11.3 Å². The fraction of sp³-hybridized carbons (Fsp3) is 0.154. The maximum Gasteiger partial charge on any atom is 0.276 e. The lowest BCUT2D eigenvalue weighted by Gasteiger charge is -2.13. The molecule has 0 aliphatic rings. The molecule has 0 aliphatic heterocycles. The van der Waals surface area contributed by atoms with Gasteiger partial charge in [0.05, 0.1) is 12.8 Å². The minimum absolute atomic E-state index is 0.119. The van der Waals surface area contributed by atoms with Crippen LogP contribution in [-0.4, -0.2) is 23.2 Å². The Hall–Kier alpha value is -2.15. The van der Waals surface area contributed by atoms with E-state index < -0.39 is 5.91 Å². The number of nitrogens with one attached hydrogen (secondary N) is 2. The zero-order valence-electron chi connectivity index (χ0n) is 10.9. The summed E-state index contributed by atoms with van der Waals surface area (Å²) in [6.07, 6.45) is 0. The van der Waals surface area contributed by atoms with Crippen molar-refractivity contribution in [3.8, 4) is 5.75 Å². The molecule has 2 aromatic rings. The fourth-order valence-electron chi connectivity index (χ4n) is 1.68. The van der Waals surface area contributed by atoms with Crippen molar-refractivity contribution >= 4 is 27.5 Å². The molecule has 20 heavy (non-hydrogen) atoms. The lowest BCUT2D eigenvalue weighted by Crippen LogP contribution is -2.18. The van der Waals surface area contributed by atoms with Gasteiger partial charge in [-0.25, -0.2) is 5.10 Å². The molecular formula is C13H12BrN3O3. The Bertz CT molecular complexity index is 692. The predicted octanol–water partition coefficient (Wildman–Crippen LogP) is 2.10.